The molecule has 0 amide bonds. The fourth-order valence-electron chi connectivity index (χ4n) is 3.59. The summed E-state index contributed by atoms with van der Waals surface area (Å²) in [4.78, 5) is 2.70. The second-order valence-corrected chi connectivity index (χ2v) is 5.92. The van der Waals surface area contributed by atoms with Crippen molar-refractivity contribution in [3.63, 3.8) is 0 Å². The van der Waals surface area contributed by atoms with Crippen molar-refractivity contribution in [1.29, 1.82) is 0 Å². The van der Waals surface area contributed by atoms with Gasteiger partial charge in [-0.15, -0.1) is 0 Å². The van der Waals surface area contributed by atoms with E-state index in [9.17, 15) is 0 Å². The van der Waals surface area contributed by atoms with E-state index in [2.05, 4.69) is 11.8 Å². The minimum atomic E-state index is 0.154. The molecular formula is C15H29NO2. The van der Waals surface area contributed by atoms with Crippen molar-refractivity contribution in [2.75, 3.05) is 26.3 Å². The predicted octanol–water partition coefficient (Wildman–Crippen LogP) is 2.43. The number of nitrogens with zero attached hydrogens (tertiary/aromatic N) is 1. The molecule has 18 heavy (non-hydrogen) atoms. The second-order valence-electron chi connectivity index (χ2n) is 5.92. The van der Waals surface area contributed by atoms with Crippen molar-refractivity contribution in [3.8, 4) is 0 Å². The summed E-state index contributed by atoms with van der Waals surface area (Å²) < 4.78 is 5.63. The summed E-state index contributed by atoms with van der Waals surface area (Å²) in [5.74, 6) is 0.965. The summed E-state index contributed by atoms with van der Waals surface area (Å²) in [5.41, 5.74) is 0. The van der Waals surface area contributed by atoms with E-state index in [0.29, 0.717) is 12.7 Å². The van der Waals surface area contributed by atoms with Gasteiger partial charge in [0.1, 0.15) is 0 Å². The molecule has 2 aliphatic rings. The topological polar surface area (TPSA) is 32.7 Å². The lowest BCUT2D eigenvalue weighted by Crippen LogP contribution is -2.45. The molecule has 1 heterocycles. The fraction of sp³-hybridized carbons (Fsp3) is 1.00. The Morgan fingerprint density at radius 2 is 1.94 bits per heavy atom. The molecule has 1 N–H and O–H groups in total. The zero-order valence-electron chi connectivity index (χ0n) is 11.8. The summed E-state index contributed by atoms with van der Waals surface area (Å²) in [5, 5.41) is 8.77. The maximum atomic E-state index is 8.77. The average Bonchev–Trinajstić information content (AvgIpc) is 2.46. The fourth-order valence-corrected chi connectivity index (χ4v) is 3.59. The van der Waals surface area contributed by atoms with E-state index in [1.54, 1.807) is 0 Å². The highest BCUT2D eigenvalue weighted by atomic mass is 16.5. The highest BCUT2D eigenvalue weighted by molar-refractivity contribution is 4.83. The molecule has 0 spiro atoms. The molecule has 0 bridgehead atoms. The minimum absolute atomic E-state index is 0.154. The van der Waals surface area contributed by atoms with Gasteiger partial charge in [0.15, 0.2) is 0 Å². The van der Waals surface area contributed by atoms with E-state index in [0.717, 1.165) is 24.8 Å². The molecule has 3 nitrogen and oxygen atoms in total. The number of likely N-dealkylation sites (tertiary alicyclic amines) is 1. The number of aliphatic hydroxyl groups is 1. The summed E-state index contributed by atoms with van der Waals surface area (Å²) >= 11 is 0. The van der Waals surface area contributed by atoms with Crippen molar-refractivity contribution in [1.82, 2.24) is 4.90 Å². The molecule has 2 fully saturated rings. The van der Waals surface area contributed by atoms with Gasteiger partial charge in [-0.1, -0.05) is 26.2 Å². The molecule has 0 radical (unpaired) electrons. The van der Waals surface area contributed by atoms with E-state index >= 15 is 0 Å². The molecule has 0 aromatic rings. The lowest BCUT2D eigenvalue weighted by molar-refractivity contribution is -0.0205. The zero-order chi connectivity index (χ0) is 12.8. The van der Waals surface area contributed by atoms with Crippen LogP contribution in [-0.2, 0) is 4.74 Å². The normalized spacial score (nSPS) is 31.7. The van der Waals surface area contributed by atoms with E-state index in [4.69, 9.17) is 9.84 Å². The molecule has 1 aliphatic heterocycles. The van der Waals surface area contributed by atoms with Gasteiger partial charge < -0.3 is 14.7 Å². The molecule has 1 aliphatic carbocycles. The van der Waals surface area contributed by atoms with Crippen molar-refractivity contribution in [2.45, 2.75) is 64.0 Å². The third-order valence-electron chi connectivity index (χ3n) is 4.77. The molecular weight excluding hydrogens is 226 g/mol. The maximum absolute atomic E-state index is 8.77. The summed E-state index contributed by atoms with van der Waals surface area (Å²) in [6.45, 7) is 5.38. The van der Waals surface area contributed by atoms with Crippen LogP contribution in [0, 0.1) is 5.92 Å². The van der Waals surface area contributed by atoms with Crippen LogP contribution in [0.25, 0.3) is 0 Å². The van der Waals surface area contributed by atoms with Crippen LogP contribution in [0.5, 0.6) is 0 Å². The van der Waals surface area contributed by atoms with Crippen LogP contribution in [0.15, 0.2) is 0 Å². The van der Waals surface area contributed by atoms with Gasteiger partial charge in [-0.25, -0.2) is 0 Å². The van der Waals surface area contributed by atoms with Crippen LogP contribution in [0.4, 0.5) is 0 Å². The highest BCUT2D eigenvalue weighted by Gasteiger charge is 2.29. The lowest BCUT2D eigenvalue weighted by atomic mass is 9.83. The average molecular weight is 255 g/mol. The Morgan fingerprint density at radius 3 is 2.61 bits per heavy atom. The SMILES string of the molecule is CCC1CCCC(N2CCC(OCCO)CC2)C1. The van der Waals surface area contributed by atoms with Gasteiger partial charge in [0.05, 0.1) is 19.3 Å². The first-order chi connectivity index (χ1) is 8.83. The molecule has 1 saturated heterocycles. The Morgan fingerprint density at radius 1 is 1.17 bits per heavy atom. The van der Waals surface area contributed by atoms with Crippen LogP contribution < -0.4 is 0 Å². The van der Waals surface area contributed by atoms with Crippen molar-refractivity contribution in [3.05, 3.63) is 0 Å². The summed E-state index contributed by atoms with van der Waals surface area (Å²) in [6.07, 6.45) is 9.72. The van der Waals surface area contributed by atoms with Crippen molar-refractivity contribution < 1.29 is 9.84 Å². The lowest BCUT2D eigenvalue weighted by Gasteiger charge is -2.41. The number of hydrogen-bond acceptors (Lipinski definition) is 3. The standard InChI is InChI=1S/C15H29NO2/c1-2-13-4-3-5-14(12-13)16-8-6-15(7-9-16)18-11-10-17/h13-15,17H,2-12H2,1H3. The van der Waals surface area contributed by atoms with Crippen molar-refractivity contribution in [2.24, 2.45) is 5.92 Å². The first-order valence-corrected chi connectivity index (χ1v) is 7.80. The molecule has 3 heteroatoms. The van der Waals surface area contributed by atoms with E-state index in [1.807, 2.05) is 0 Å². The predicted molar refractivity (Wildman–Crippen MR) is 73.7 cm³/mol. The van der Waals surface area contributed by atoms with Gasteiger partial charge in [-0.3, -0.25) is 0 Å². The van der Waals surface area contributed by atoms with Gasteiger partial charge in [-0.05, 0) is 31.6 Å². The number of aliphatic hydroxyl groups excluding tert-OH is 1. The third-order valence-corrected chi connectivity index (χ3v) is 4.77. The molecule has 0 aromatic carbocycles. The van der Waals surface area contributed by atoms with Gasteiger partial charge in [0, 0.05) is 19.1 Å². The van der Waals surface area contributed by atoms with Gasteiger partial charge >= 0.3 is 0 Å². The summed E-state index contributed by atoms with van der Waals surface area (Å²) in [7, 11) is 0. The molecule has 2 unspecified atom stereocenters. The van der Waals surface area contributed by atoms with Gasteiger partial charge in [0.25, 0.3) is 0 Å². The van der Waals surface area contributed by atoms with Gasteiger partial charge in [-0.2, -0.15) is 0 Å². The molecule has 1 saturated carbocycles. The highest BCUT2D eigenvalue weighted by Crippen LogP contribution is 2.31. The molecule has 106 valence electrons. The van der Waals surface area contributed by atoms with Crippen LogP contribution in [-0.4, -0.2) is 48.5 Å². The van der Waals surface area contributed by atoms with Crippen LogP contribution in [0.2, 0.25) is 0 Å². The third kappa shape index (κ3) is 3.94. The molecule has 2 atom stereocenters. The second kappa shape index (κ2) is 7.46. The number of piperidine rings is 1. The minimum Gasteiger partial charge on any atom is -0.394 e. The summed E-state index contributed by atoms with van der Waals surface area (Å²) in [6, 6.07) is 0.836. The van der Waals surface area contributed by atoms with Crippen LogP contribution in [0.1, 0.15) is 51.9 Å². The Labute approximate surface area is 112 Å². The quantitative estimate of drug-likeness (QED) is 0.819. The smallest absolute Gasteiger partial charge is 0.0701 e. The first-order valence-electron chi connectivity index (χ1n) is 7.80. The van der Waals surface area contributed by atoms with E-state index < -0.39 is 0 Å². The monoisotopic (exact) mass is 255 g/mol. The van der Waals surface area contributed by atoms with Crippen LogP contribution in [0.3, 0.4) is 0 Å². The zero-order valence-corrected chi connectivity index (χ0v) is 11.8. The number of hydrogen-bond donors (Lipinski definition) is 1. The largest absolute Gasteiger partial charge is 0.394 e. The Kier molecular flexibility index (Phi) is 5.93. The first kappa shape index (κ1) is 14.3. The Hall–Kier alpha value is -0.120. The van der Waals surface area contributed by atoms with E-state index in [1.165, 1.54) is 45.2 Å². The maximum Gasteiger partial charge on any atom is 0.0701 e. The Bertz CT molecular complexity index is 227. The van der Waals surface area contributed by atoms with Gasteiger partial charge in [0.2, 0.25) is 0 Å². The number of rotatable bonds is 5. The van der Waals surface area contributed by atoms with Crippen LogP contribution >= 0.6 is 0 Å². The molecule has 0 aromatic heterocycles. The molecule has 2 rings (SSSR count). The van der Waals surface area contributed by atoms with E-state index in [-0.39, 0.29) is 6.61 Å². The number of ether oxygens (including phenoxy) is 1. The van der Waals surface area contributed by atoms with Crippen molar-refractivity contribution >= 4 is 0 Å². The Balaban J connectivity index is 1.72.